The number of furan rings is 1. The van der Waals surface area contributed by atoms with Gasteiger partial charge in [-0.2, -0.15) is 5.10 Å². The number of hydrogen-bond acceptors (Lipinski definition) is 4. The maximum atomic E-state index is 11.6. The SMILES string of the molecule is CCOc1ccc(Cl)cc1/C=N/NC(=O)c1ccco1. The zero-order valence-corrected chi connectivity index (χ0v) is 11.6. The molecule has 0 unspecified atom stereocenters. The molecule has 2 aromatic rings. The minimum Gasteiger partial charge on any atom is -0.493 e. The molecular weight excluding hydrogens is 280 g/mol. The first-order valence-electron chi connectivity index (χ1n) is 6.00. The van der Waals surface area contributed by atoms with Crippen molar-refractivity contribution in [3.8, 4) is 5.75 Å². The largest absolute Gasteiger partial charge is 0.493 e. The number of rotatable bonds is 5. The second-order valence-corrected chi connectivity index (χ2v) is 4.23. The van der Waals surface area contributed by atoms with Gasteiger partial charge in [0.25, 0.3) is 0 Å². The van der Waals surface area contributed by atoms with E-state index >= 15 is 0 Å². The quantitative estimate of drug-likeness (QED) is 0.680. The molecule has 0 spiro atoms. The van der Waals surface area contributed by atoms with Gasteiger partial charge in [0.1, 0.15) is 5.75 Å². The molecule has 0 fully saturated rings. The molecule has 1 N–H and O–H groups in total. The van der Waals surface area contributed by atoms with Gasteiger partial charge in [0.2, 0.25) is 0 Å². The predicted molar refractivity (Wildman–Crippen MR) is 76.4 cm³/mol. The summed E-state index contributed by atoms with van der Waals surface area (Å²) in [6, 6.07) is 8.36. The van der Waals surface area contributed by atoms with Gasteiger partial charge in [-0.1, -0.05) is 11.6 Å². The Morgan fingerprint density at radius 1 is 1.50 bits per heavy atom. The average molecular weight is 293 g/mol. The summed E-state index contributed by atoms with van der Waals surface area (Å²) in [5.74, 6) is 0.414. The average Bonchev–Trinajstić information content (AvgIpc) is 2.96. The fraction of sp³-hybridized carbons (Fsp3) is 0.143. The van der Waals surface area contributed by atoms with Crippen LogP contribution in [0.3, 0.4) is 0 Å². The van der Waals surface area contributed by atoms with Crippen molar-refractivity contribution in [2.24, 2.45) is 5.10 Å². The molecule has 1 aromatic carbocycles. The Bertz CT molecular complexity index is 609. The van der Waals surface area contributed by atoms with Crippen LogP contribution in [0.1, 0.15) is 23.0 Å². The van der Waals surface area contributed by atoms with E-state index in [1.165, 1.54) is 12.5 Å². The maximum Gasteiger partial charge on any atom is 0.307 e. The first-order valence-corrected chi connectivity index (χ1v) is 6.37. The molecule has 0 radical (unpaired) electrons. The molecule has 1 heterocycles. The van der Waals surface area contributed by atoms with E-state index in [1.807, 2.05) is 6.92 Å². The van der Waals surface area contributed by atoms with Crippen LogP contribution in [-0.4, -0.2) is 18.7 Å². The van der Waals surface area contributed by atoms with Gasteiger partial charge in [0, 0.05) is 10.6 Å². The van der Waals surface area contributed by atoms with Crippen LogP contribution in [0, 0.1) is 0 Å². The maximum absolute atomic E-state index is 11.6. The Morgan fingerprint density at radius 2 is 2.35 bits per heavy atom. The molecule has 0 atom stereocenters. The lowest BCUT2D eigenvalue weighted by molar-refractivity contribution is 0.0927. The highest BCUT2D eigenvalue weighted by Gasteiger charge is 2.06. The van der Waals surface area contributed by atoms with Crippen molar-refractivity contribution in [3.63, 3.8) is 0 Å². The summed E-state index contributed by atoms with van der Waals surface area (Å²) < 4.78 is 10.4. The lowest BCUT2D eigenvalue weighted by Gasteiger charge is -2.06. The van der Waals surface area contributed by atoms with E-state index in [0.29, 0.717) is 22.9 Å². The van der Waals surface area contributed by atoms with Gasteiger partial charge < -0.3 is 9.15 Å². The van der Waals surface area contributed by atoms with Gasteiger partial charge >= 0.3 is 5.91 Å². The molecule has 0 aliphatic rings. The standard InChI is InChI=1S/C14H13ClN2O3/c1-2-19-12-6-5-11(15)8-10(12)9-16-17-14(18)13-4-3-7-20-13/h3-9H,2H2,1H3,(H,17,18)/b16-9+. The van der Waals surface area contributed by atoms with Crippen LogP contribution in [0.2, 0.25) is 5.02 Å². The Hall–Kier alpha value is -2.27. The summed E-state index contributed by atoms with van der Waals surface area (Å²) in [5, 5.41) is 4.42. The number of nitrogens with one attached hydrogen (secondary N) is 1. The van der Waals surface area contributed by atoms with Crippen LogP contribution in [0.25, 0.3) is 0 Å². The number of halogens is 1. The fourth-order valence-corrected chi connectivity index (χ4v) is 1.71. The minimum atomic E-state index is -0.425. The van der Waals surface area contributed by atoms with Gasteiger partial charge in [-0.3, -0.25) is 4.79 Å². The lowest BCUT2D eigenvalue weighted by atomic mass is 10.2. The first kappa shape index (κ1) is 14.1. The second kappa shape index (κ2) is 6.77. The molecule has 0 saturated heterocycles. The zero-order valence-electron chi connectivity index (χ0n) is 10.8. The molecule has 0 aliphatic carbocycles. The van der Waals surface area contributed by atoms with E-state index in [0.717, 1.165) is 0 Å². The second-order valence-electron chi connectivity index (χ2n) is 3.79. The number of hydrogen-bond donors (Lipinski definition) is 1. The van der Waals surface area contributed by atoms with Gasteiger partial charge in [0.15, 0.2) is 5.76 Å². The molecule has 2 rings (SSSR count). The van der Waals surface area contributed by atoms with Crippen LogP contribution in [0.15, 0.2) is 46.1 Å². The van der Waals surface area contributed by atoms with E-state index in [9.17, 15) is 4.79 Å². The van der Waals surface area contributed by atoms with Gasteiger partial charge in [-0.25, -0.2) is 5.43 Å². The molecular formula is C14H13ClN2O3. The van der Waals surface area contributed by atoms with E-state index in [1.54, 1.807) is 30.3 Å². The normalized spacial score (nSPS) is 10.7. The Balaban J connectivity index is 2.07. The van der Waals surface area contributed by atoms with E-state index in [-0.39, 0.29) is 5.76 Å². The monoisotopic (exact) mass is 292 g/mol. The van der Waals surface area contributed by atoms with E-state index in [4.69, 9.17) is 20.8 Å². The summed E-state index contributed by atoms with van der Waals surface area (Å²) in [5.41, 5.74) is 3.04. The van der Waals surface area contributed by atoms with Gasteiger partial charge in [-0.15, -0.1) is 0 Å². The number of carbonyl (C=O) groups excluding carboxylic acids is 1. The molecule has 20 heavy (non-hydrogen) atoms. The third kappa shape index (κ3) is 3.61. The number of nitrogens with zero attached hydrogens (tertiary/aromatic N) is 1. The Kier molecular flexibility index (Phi) is 4.79. The topological polar surface area (TPSA) is 63.8 Å². The highest BCUT2D eigenvalue weighted by atomic mass is 35.5. The Labute approximate surface area is 121 Å². The molecule has 0 aliphatic heterocycles. The number of ether oxygens (including phenoxy) is 1. The van der Waals surface area contributed by atoms with Crippen LogP contribution >= 0.6 is 11.6 Å². The fourth-order valence-electron chi connectivity index (χ4n) is 1.53. The van der Waals surface area contributed by atoms with Crippen LogP contribution < -0.4 is 10.2 Å². The van der Waals surface area contributed by atoms with Crippen molar-refractivity contribution < 1.29 is 13.9 Å². The van der Waals surface area contributed by atoms with Crippen molar-refractivity contribution in [2.75, 3.05) is 6.61 Å². The third-order valence-electron chi connectivity index (χ3n) is 2.39. The predicted octanol–water partition coefficient (Wildman–Crippen LogP) is 3.10. The number of carbonyl (C=O) groups is 1. The van der Waals surface area contributed by atoms with E-state index < -0.39 is 5.91 Å². The van der Waals surface area contributed by atoms with Crippen LogP contribution in [-0.2, 0) is 0 Å². The van der Waals surface area contributed by atoms with Crippen molar-refractivity contribution >= 4 is 23.7 Å². The molecule has 1 amide bonds. The van der Waals surface area contributed by atoms with Crippen LogP contribution in [0.4, 0.5) is 0 Å². The first-order chi connectivity index (χ1) is 9.70. The highest BCUT2D eigenvalue weighted by Crippen LogP contribution is 2.21. The smallest absolute Gasteiger partial charge is 0.307 e. The number of amides is 1. The molecule has 5 nitrogen and oxygen atoms in total. The van der Waals surface area contributed by atoms with Crippen molar-refractivity contribution in [2.45, 2.75) is 6.92 Å². The van der Waals surface area contributed by atoms with Gasteiger partial charge in [0.05, 0.1) is 19.1 Å². The van der Waals surface area contributed by atoms with Crippen molar-refractivity contribution in [1.29, 1.82) is 0 Å². The summed E-state index contributed by atoms with van der Waals surface area (Å²) in [6.45, 7) is 2.41. The third-order valence-corrected chi connectivity index (χ3v) is 2.62. The number of benzene rings is 1. The highest BCUT2D eigenvalue weighted by molar-refractivity contribution is 6.30. The van der Waals surface area contributed by atoms with Gasteiger partial charge in [-0.05, 0) is 37.3 Å². The Morgan fingerprint density at radius 3 is 3.05 bits per heavy atom. The van der Waals surface area contributed by atoms with Crippen LogP contribution in [0.5, 0.6) is 5.75 Å². The lowest BCUT2D eigenvalue weighted by Crippen LogP contribution is -2.16. The molecule has 1 aromatic heterocycles. The number of hydrazone groups is 1. The zero-order chi connectivity index (χ0) is 14.4. The van der Waals surface area contributed by atoms with E-state index in [2.05, 4.69) is 10.5 Å². The summed E-state index contributed by atoms with van der Waals surface area (Å²) in [7, 11) is 0. The summed E-state index contributed by atoms with van der Waals surface area (Å²) >= 11 is 5.92. The molecule has 0 saturated carbocycles. The van der Waals surface area contributed by atoms with Crippen molar-refractivity contribution in [3.05, 3.63) is 52.9 Å². The molecule has 104 valence electrons. The summed E-state index contributed by atoms with van der Waals surface area (Å²) in [4.78, 5) is 11.6. The molecule has 0 bridgehead atoms. The van der Waals surface area contributed by atoms with Crippen molar-refractivity contribution in [1.82, 2.24) is 5.43 Å². The summed E-state index contributed by atoms with van der Waals surface area (Å²) in [6.07, 6.45) is 2.89. The molecule has 6 heteroatoms. The minimum absolute atomic E-state index is 0.193.